The van der Waals surface area contributed by atoms with Crippen LogP contribution in [0.3, 0.4) is 0 Å². The van der Waals surface area contributed by atoms with E-state index >= 15 is 0 Å². The lowest BCUT2D eigenvalue weighted by Gasteiger charge is -2.32. The Kier molecular flexibility index (Phi) is 3.98. The molecule has 0 radical (unpaired) electrons. The van der Waals surface area contributed by atoms with Gasteiger partial charge < -0.3 is 15.0 Å². The third-order valence-corrected chi connectivity index (χ3v) is 5.68. The van der Waals surface area contributed by atoms with E-state index in [9.17, 15) is 5.11 Å². The zero-order valence-corrected chi connectivity index (χ0v) is 15.7. The fraction of sp³-hybridized carbons (Fsp3) is 0.333. The normalized spacial score (nSPS) is 25.3. The molecule has 3 aromatic rings. The van der Waals surface area contributed by atoms with Gasteiger partial charge in [-0.15, -0.1) is 10.2 Å². The Balaban J connectivity index is 1.38. The van der Waals surface area contributed by atoms with Crippen molar-refractivity contribution in [3.8, 4) is 22.8 Å². The van der Waals surface area contributed by atoms with E-state index in [1.807, 2.05) is 16.8 Å². The lowest BCUT2D eigenvalue weighted by Crippen LogP contribution is -2.44. The highest BCUT2D eigenvalue weighted by Crippen LogP contribution is 2.38. The second kappa shape index (κ2) is 6.53. The summed E-state index contributed by atoms with van der Waals surface area (Å²) in [5.74, 6) is 0.524. The number of hydrogen-bond acceptors (Lipinski definition) is 6. The molecule has 142 valence electrons. The molecule has 28 heavy (non-hydrogen) atoms. The van der Waals surface area contributed by atoms with Crippen LogP contribution in [0.25, 0.3) is 23.2 Å². The third kappa shape index (κ3) is 3.18. The van der Waals surface area contributed by atoms with Crippen LogP contribution in [0.4, 0.5) is 0 Å². The van der Waals surface area contributed by atoms with E-state index in [1.54, 1.807) is 30.9 Å². The molecule has 2 atom stereocenters. The van der Waals surface area contributed by atoms with E-state index < -0.39 is 0 Å². The van der Waals surface area contributed by atoms with Crippen molar-refractivity contribution in [2.24, 2.45) is 0 Å². The first-order valence-electron chi connectivity index (χ1n) is 9.57. The summed E-state index contributed by atoms with van der Waals surface area (Å²) in [6.45, 7) is 2.29. The summed E-state index contributed by atoms with van der Waals surface area (Å²) < 4.78 is 1.82. The third-order valence-electron chi connectivity index (χ3n) is 5.68. The van der Waals surface area contributed by atoms with Crippen LogP contribution in [0.15, 0.2) is 48.7 Å². The molecule has 2 saturated heterocycles. The van der Waals surface area contributed by atoms with Crippen LogP contribution in [0.5, 0.6) is 5.75 Å². The molecule has 5 rings (SSSR count). The summed E-state index contributed by atoms with van der Waals surface area (Å²) in [6.07, 6.45) is 13.6. The zero-order chi connectivity index (χ0) is 19.1. The Hall–Kier alpha value is -3.06. The zero-order valence-electron chi connectivity index (χ0n) is 15.7. The number of piperidine rings is 1. The number of aromatic hydroxyl groups is 1. The Morgan fingerprint density at radius 2 is 2.25 bits per heavy atom. The summed E-state index contributed by atoms with van der Waals surface area (Å²) in [5, 5.41) is 22.7. The Morgan fingerprint density at radius 3 is 2.96 bits per heavy atom. The van der Waals surface area contributed by atoms with Gasteiger partial charge >= 0.3 is 0 Å². The lowest BCUT2D eigenvalue weighted by atomic mass is 9.88. The highest BCUT2D eigenvalue weighted by molar-refractivity contribution is 5.66. The van der Waals surface area contributed by atoms with Gasteiger partial charge in [-0.3, -0.25) is 0 Å². The standard InChI is InChI=1S/C21H22N6O/c1-21-5-4-15(24-21)8-14(11-21)9-16-12-23-20(26-25-16)18-3-2-17(10-19(18)28)27-7-6-22-13-27/h2-3,6-7,9-10,12-13,15,24,28H,4-5,8,11H2,1H3/b14-9+/t15?,21-/m0/s1. The molecule has 2 aliphatic rings. The van der Waals surface area contributed by atoms with Gasteiger partial charge in [-0.05, 0) is 50.8 Å². The minimum atomic E-state index is 0.113. The van der Waals surface area contributed by atoms with Crippen LogP contribution in [-0.2, 0) is 0 Å². The second-order valence-corrected chi connectivity index (χ2v) is 8.00. The maximum Gasteiger partial charge on any atom is 0.185 e. The molecule has 0 aliphatic carbocycles. The van der Waals surface area contributed by atoms with E-state index in [0.29, 0.717) is 17.4 Å². The molecule has 1 unspecified atom stereocenters. The van der Waals surface area contributed by atoms with Crippen molar-refractivity contribution < 1.29 is 5.11 Å². The quantitative estimate of drug-likeness (QED) is 0.732. The molecule has 2 fully saturated rings. The summed E-state index contributed by atoms with van der Waals surface area (Å²) in [7, 11) is 0. The minimum absolute atomic E-state index is 0.113. The number of nitrogens with one attached hydrogen (secondary N) is 1. The molecule has 2 N–H and O–H groups in total. The predicted molar refractivity (Wildman–Crippen MR) is 106 cm³/mol. The van der Waals surface area contributed by atoms with Crippen molar-refractivity contribution >= 4 is 6.08 Å². The van der Waals surface area contributed by atoms with Crippen LogP contribution in [0.1, 0.15) is 38.3 Å². The number of rotatable bonds is 3. The lowest BCUT2D eigenvalue weighted by molar-refractivity contribution is 0.351. The van der Waals surface area contributed by atoms with E-state index in [4.69, 9.17) is 0 Å². The Labute approximate surface area is 163 Å². The van der Waals surface area contributed by atoms with Gasteiger partial charge in [-0.2, -0.15) is 0 Å². The van der Waals surface area contributed by atoms with Gasteiger partial charge in [-0.1, -0.05) is 5.57 Å². The van der Waals surface area contributed by atoms with Crippen LogP contribution in [0.2, 0.25) is 0 Å². The minimum Gasteiger partial charge on any atom is -0.507 e. The molecule has 0 amide bonds. The topological polar surface area (TPSA) is 88.8 Å². The van der Waals surface area contributed by atoms with Crippen LogP contribution in [-0.4, -0.2) is 41.4 Å². The highest BCUT2D eigenvalue weighted by atomic mass is 16.3. The number of hydrogen-bond donors (Lipinski definition) is 2. The second-order valence-electron chi connectivity index (χ2n) is 8.00. The molecule has 0 spiro atoms. The van der Waals surface area contributed by atoms with Crippen molar-refractivity contribution in [3.05, 3.63) is 54.4 Å². The van der Waals surface area contributed by atoms with Gasteiger partial charge in [0.15, 0.2) is 5.82 Å². The molecular formula is C21H22N6O. The summed E-state index contributed by atoms with van der Waals surface area (Å²) >= 11 is 0. The molecule has 7 nitrogen and oxygen atoms in total. The maximum absolute atomic E-state index is 10.4. The molecule has 2 aromatic heterocycles. The summed E-state index contributed by atoms with van der Waals surface area (Å²) in [4.78, 5) is 8.45. The first kappa shape index (κ1) is 17.1. The number of phenolic OH excluding ortho intramolecular Hbond substituents is 1. The fourth-order valence-electron chi connectivity index (χ4n) is 4.39. The van der Waals surface area contributed by atoms with Crippen molar-refractivity contribution in [2.75, 3.05) is 0 Å². The van der Waals surface area contributed by atoms with E-state index in [0.717, 1.165) is 24.2 Å². The van der Waals surface area contributed by atoms with Crippen molar-refractivity contribution in [2.45, 2.75) is 44.2 Å². The monoisotopic (exact) mass is 374 g/mol. The van der Waals surface area contributed by atoms with Gasteiger partial charge in [0.25, 0.3) is 0 Å². The molecular weight excluding hydrogens is 352 g/mol. The molecule has 7 heteroatoms. The molecule has 2 bridgehead atoms. The van der Waals surface area contributed by atoms with E-state index in [1.165, 1.54) is 18.4 Å². The first-order chi connectivity index (χ1) is 13.6. The van der Waals surface area contributed by atoms with Crippen molar-refractivity contribution in [3.63, 3.8) is 0 Å². The molecule has 2 aliphatic heterocycles. The van der Waals surface area contributed by atoms with Gasteiger partial charge in [0.05, 0.1) is 23.8 Å². The van der Waals surface area contributed by atoms with Gasteiger partial charge in [0.2, 0.25) is 0 Å². The Morgan fingerprint density at radius 1 is 1.32 bits per heavy atom. The number of benzene rings is 1. The average molecular weight is 374 g/mol. The molecule has 1 aromatic carbocycles. The SMILES string of the molecule is C[C@]12CCC(C/C(=C\c3cnc(-c4ccc(-n5ccnc5)cc4O)nn3)C1)N2. The number of nitrogens with zero attached hydrogens (tertiary/aromatic N) is 5. The summed E-state index contributed by atoms with van der Waals surface area (Å²) in [5.41, 5.74) is 3.77. The van der Waals surface area contributed by atoms with Crippen molar-refractivity contribution in [1.82, 2.24) is 30.0 Å². The van der Waals surface area contributed by atoms with Gasteiger partial charge in [-0.25, -0.2) is 9.97 Å². The van der Waals surface area contributed by atoms with Crippen molar-refractivity contribution in [1.29, 1.82) is 0 Å². The molecule has 4 heterocycles. The Bertz CT molecular complexity index is 1030. The number of aromatic nitrogens is 5. The van der Waals surface area contributed by atoms with Gasteiger partial charge in [0, 0.05) is 30.0 Å². The van der Waals surface area contributed by atoms with Crippen LogP contribution < -0.4 is 5.32 Å². The van der Waals surface area contributed by atoms with Crippen LogP contribution >= 0.6 is 0 Å². The highest BCUT2D eigenvalue weighted by Gasteiger charge is 2.39. The average Bonchev–Trinajstić information content (AvgIpc) is 3.30. The summed E-state index contributed by atoms with van der Waals surface area (Å²) in [6, 6.07) is 5.94. The number of phenols is 1. The first-order valence-corrected chi connectivity index (χ1v) is 9.57. The van der Waals surface area contributed by atoms with Gasteiger partial charge in [0.1, 0.15) is 11.4 Å². The maximum atomic E-state index is 10.4. The fourth-order valence-corrected chi connectivity index (χ4v) is 4.39. The van der Waals surface area contributed by atoms with Crippen LogP contribution in [0, 0.1) is 0 Å². The smallest absolute Gasteiger partial charge is 0.185 e. The predicted octanol–water partition coefficient (Wildman–Crippen LogP) is 3.12. The number of imidazole rings is 1. The number of fused-ring (bicyclic) bond motifs is 2. The van der Waals surface area contributed by atoms with E-state index in [2.05, 4.69) is 38.5 Å². The van der Waals surface area contributed by atoms with E-state index in [-0.39, 0.29) is 11.3 Å². The largest absolute Gasteiger partial charge is 0.507 e. The molecule has 0 saturated carbocycles.